The minimum atomic E-state index is -0.363. The van der Waals surface area contributed by atoms with Crippen LogP contribution in [-0.4, -0.2) is 78.8 Å². The van der Waals surface area contributed by atoms with Gasteiger partial charge in [-0.25, -0.2) is 4.79 Å². The average molecular weight is 413 g/mol. The first kappa shape index (κ1) is 20.3. The van der Waals surface area contributed by atoms with Crippen LogP contribution in [0.25, 0.3) is 0 Å². The summed E-state index contributed by atoms with van der Waals surface area (Å²) in [6, 6.07) is 11.1. The Morgan fingerprint density at radius 1 is 1.10 bits per heavy atom. The summed E-state index contributed by atoms with van der Waals surface area (Å²) in [4.78, 5) is 20.2. The standard InChI is InChI=1S/C24H36N4O2/c1-26(2)24(20-6-4-3-5-7-20)12-10-23(11-13-24)16-27(15-22(25)17-30-18-22)21(29)28(23)14-19-8-9-19/h3-7,19H,8-18,25H2,1-2H3. The number of hydrogen-bond acceptors (Lipinski definition) is 4. The Labute approximate surface area is 180 Å². The molecular weight excluding hydrogens is 376 g/mol. The number of nitrogens with two attached hydrogens (primary N) is 1. The van der Waals surface area contributed by atoms with Crippen LogP contribution in [0.2, 0.25) is 0 Å². The molecule has 5 rings (SSSR count). The van der Waals surface area contributed by atoms with E-state index in [-0.39, 0.29) is 22.6 Å². The highest BCUT2D eigenvalue weighted by Gasteiger charge is 2.56. The molecule has 6 heteroatoms. The number of amides is 2. The second-order valence-electron chi connectivity index (χ2n) is 10.6. The molecule has 6 nitrogen and oxygen atoms in total. The first-order valence-electron chi connectivity index (χ1n) is 11.5. The van der Waals surface area contributed by atoms with Gasteiger partial charge in [-0.15, -0.1) is 0 Å². The van der Waals surface area contributed by atoms with Crippen molar-refractivity contribution in [2.24, 2.45) is 11.7 Å². The van der Waals surface area contributed by atoms with Gasteiger partial charge in [0.25, 0.3) is 0 Å². The van der Waals surface area contributed by atoms with Crippen molar-refractivity contribution < 1.29 is 9.53 Å². The fourth-order valence-electron chi connectivity index (χ4n) is 5.97. The van der Waals surface area contributed by atoms with Gasteiger partial charge in [-0.3, -0.25) is 4.90 Å². The Bertz CT molecular complexity index is 780. The van der Waals surface area contributed by atoms with Gasteiger partial charge in [-0.2, -0.15) is 0 Å². The summed E-state index contributed by atoms with van der Waals surface area (Å²) >= 11 is 0. The normalized spacial score (nSPS) is 33.4. The zero-order valence-electron chi connectivity index (χ0n) is 18.5. The summed E-state index contributed by atoms with van der Waals surface area (Å²) < 4.78 is 5.34. The maximum absolute atomic E-state index is 13.5. The Balaban J connectivity index is 1.39. The third kappa shape index (κ3) is 3.33. The molecule has 2 N–H and O–H groups in total. The molecule has 2 aliphatic carbocycles. The Morgan fingerprint density at radius 2 is 1.77 bits per heavy atom. The quantitative estimate of drug-likeness (QED) is 0.780. The zero-order chi connectivity index (χ0) is 21.0. The highest BCUT2D eigenvalue weighted by Crippen LogP contribution is 2.50. The number of carbonyl (C=O) groups is 1. The van der Waals surface area contributed by atoms with Crippen molar-refractivity contribution in [2.75, 3.05) is 46.9 Å². The van der Waals surface area contributed by atoms with E-state index in [0.29, 0.717) is 25.7 Å². The van der Waals surface area contributed by atoms with Gasteiger partial charge in [0.1, 0.15) is 0 Å². The van der Waals surface area contributed by atoms with E-state index in [4.69, 9.17) is 10.5 Å². The van der Waals surface area contributed by atoms with Crippen LogP contribution in [0, 0.1) is 5.92 Å². The zero-order valence-corrected chi connectivity index (χ0v) is 18.5. The van der Waals surface area contributed by atoms with E-state index in [2.05, 4.69) is 54.2 Å². The number of urea groups is 1. The van der Waals surface area contributed by atoms with Crippen LogP contribution in [-0.2, 0) is 10.3 Å². The van der Waals surface area contributed by atoms with Crippen LogP contribution in [0.5, 0.6) is 0 Å². The van der Waals surface area contributed by atoms with E-state index in [1.807, 2.05) is 4.90 Å². The lowest BCUT2D eigenvalue weighted by molar-refractivity contribution is -0.0626. The van der Waals surface area contributed by atoms with Crippen molar-refractivity contribution in [2.45, 2.75) is 55.1 Å². The predicted octanol–water partition coefficient (Wildman–Crippen LogP) is 2.63. The molecular formula is C24H36N4O2. The molecule has 4 fully saturated rings. The maximum atomic E-state index is 13.5. The SMILES string of the molecule is CN(C)C1(c2ccccc2)CCC2(CC1)CN(CC1(N)COC1)C(=O)N2CC1CC1. The largest absolute Gasteiger partial charge is 0.377 e. The molecule has 1 aromatic rings. The van der Waals surface area contributed by atoms with Crippen molar-refractivity contribution in [1.82, 2.24) is 14.7 Å². The Morgan fingerprint density at radius 3 is 2.30 bits per heavy atom. The number of rotatable bonds is 6. The fraction of sp³-hybridized carbons (Fsp3) is 0.708. The van der Waals surface area contributed by atoms with Crippen molar-refractivity contribution in [3.63, 3.8) is 0 Å². The molecule has 0 bridgehead atoms. The van der Waals surface area contributed by atoms with Crippen LogP contribution in [0.1, 0.15) is 44.1 Å². The number of carbonyl (C=O) groups excluding carboxylic acids is 1. The van der Waals surface area contributed by atoms with Gasteiger partial charge in [0.15, 0.2) is 0 Å². The summed E-state index contributed by atoms with van der Waals surface area (Å²) in [6.45, 7) is 3.47. The predicted molar refractivity (Wildman–Crippen MR) is 117 cm³/mol. The second-order valence-corrected chi connectivity index (χ2v) is 10.6. The Kier molecular flexibility index (Phi) is 4.88. The molecule has 0 radical (unpaired) electrons. The third-order valence-electron chi connectivity index (χ3n) is 8.16. The van der Waals surface area contributed by atoms with E-state index in [1.54, 1.807) is 0 Å². The van der Waals surface area contributed by atoms with Crippen molar-refractivity contribution in [1.29, 1.82) is 0 Å². The number of ether oxygens (including phenoxy) is 1. The molecule has 2 amide bonds. The maximum Gasteiger partial charge on any atom is 0.320 e. The lowest BCUT2D eigenvalue weighted by Crippen LogP contribution is -2.64. The van der Waals surface area contributed by atoms with E-state index in [9.17, 15) is 4.79 Å². The minimum absolute atomic E-state index is 0.0467. The summed E-state index contributed by atoms with van der Waals surface area (Å²) in [5, 5.41) is 0. The third-order valence-corrected chi connectivity index (χ3v) is 8.16. The molecule has 2 heterocycles. The van der Waals surface area contributed by atoms with Crippen LogP contribution in [0.3, 0.4) is 0 Å². The minimum Gasteiger partial charge on any atom is -0.377 e. The van der Waals surface area contributed by atoms with E-state index >= 15 is 0 Å². The van der Waals surface area contributed by atoms with Crippen LogP contribution in [0.15, 0.2) is 30.3 Å². The molecule has 0 unspecified atom stereocenters. The van der Waals surface area contributed by atoms with Gasteiger partial charge >= 0.3 is 6.03 Å². The summed E-state index contributed by atoms with van der Waals surface area (Å²) in [7, 11) is 4.40. The summed E-state index contributed by atoms with van der Waals surface area (Å²) in [6.07, 6.45) is 6.76. The number of benzene rings is 1. The van der Waals surface area contributed by atoms with Gasteiger partial charge in [-0.1, -0.05) is 30.3 Å². The molecule has 164 valence electrons. The van der Waals surface area contributed by atoms with E-state index < -0.39 is 0 Å². The monoisotopic (exact) mass is 412 g/mol. The summed E-state index contributed by atoms with van der Waals surface area (Å²) in [5.74, 6) is 0.694. The van der Waals surface area contributed by atoms with Gasteiger partial charge in [0, 0.05) is 25.2 Å². The van der Waals surface area contributed by atoms with Gasteiger partial charge in [0.05, 0.1) is 24.3 Å². The van der Waals surface area contributed by atoms with Crippen molar-refractivity contribution >= 4 is 6.03 Å². The second kappa shape index (κ2) is 7.21. The van der Waals surface area contributed by atoms with Crippen LogP contribution >= 0.6 is 0 Å². The highest BCUT2D eigenvalue weighted by atomic mass is 16.5. The van der Waals surface area contributed by atoms with Crippen molar-refractivity contribution in [3.05, 3.63) is 35.9 Å². The average Bonchev–Trinajstić information content (AvgIpc) is 3.51. The molecule has 30 heavy (non-hydrogen) atoms. The molecule has 1 aromatic carbocycles. The lowest BCUT2D eigenvalue weighted by Gasteiger charge is -2.51. The van der Waals surface area contributed by atoms with Crippen molar-refractivity contribution in [3.8, 4) is 0 Å². The molecule has 2 aliphatic heterocycles. The lowest BCUT2D eigenvalue weighted by atomic mass is 9.68. The first-order valence-corrected chi connectivity index (χ1v) is 11.5. The molecule has 0 atom stereocenters. The first-order chi connectivity index (χ1) is 14.4. The molecule has 0 aromatic heterocycles. The smallest absolute Gasteiger partial charge is 0.320 e. The molecule has 4 aliphatic rings. The van der Waals surface area contributed by atoms with Gasteiger partial charge in [-0.05, 0) is 64.1 Å². The Hall–Kier alpha value is -1.63. The highest BCUT2D eigenvalue weighted by molar-refractivity contribution is 5.78. The van der Waals surface area contributed by atoms with Crippen LogP contribution < -0.4 is 5.73 Å². The van der Waals surface area contributed by atoms with Crippen LogP contribution in [0.4, 0.5) is 4.79 Å². The van der Waals surface area contributed by atoms with Gasteiger partial charge in [0.2, 0.25) is 0 Å². The van der Waals surface area contributed by atoms with Gasteiger partial charge < -0.3 is 20.3 Å². The molecule has 1 spiro atoms. The number of nitrogens with zero attached hydrogens (tertiary/aromatic N) is 3. The van der Waals surface area contributed by atoms with E-state index in [1.165, 1.54) is 18.4 Å². The summed E-state index contributed by atoms with van der Waals surface area (Å²) in [5.41, 5.74) is 7.47. The topological polar surface area (TPSA) is 62.0 Å². The molecule has 2 saturated heterocycles. The van der Waals surface area contributed by atoms with E-state index in [0.717, 1.165) is 38.8 Å². The number of hydrogen-bond donors (Lipinski definition) is 1. The molecule has 2 saturated carbocycles. The fourth-order valence-corrected chi connectivity index (χ4v) is 5.97.